The minimum absolute atomic E-state index is 0.0374. The molecule has 1 saturated heterocycles. The van der Waals surface area contributed by atoms with Gasteiger partial charge in [-0.25, -0.2) is 13.4 Å². The smallest absolute Gasteiger partial charge is 0.295 e. The maximum Gasteiger partial charge on any atom is 0.295 e. The van der Waals surface area contributed by atoms with Crippen LogP contribution in [0.15, 0.2) is 65.7 Å². The van der Waals surface area contributed by atoms with E-state index in [9.17, 15) is 18.5 Å². The van der Waals surface area contributed by atoms with Gasteiger partial charge in [-0.15, -0.1) is 0 Å². The quantitative estimate of drug-likeness (QED) is 0.495. The zero-order valence-electron chi connectivity index (χ0n) is 14.9. The van der Waals surface area contributed by atoms with Gasteiger partial charge in [-0.1, -0.05) is 18.2 Å². The Balaban J connectivity index is 1.60. The minimum Gasteiger partial charge on any atom is -0.368 e. The molecule has 2 heterocycles. The molecule has 1 aliphatic heterocycles. The van der Waals surface area contributed by atoms with Crippen molar-refractivity contribution in [3.8, 4) is 0 Å². The Kier molecular flexibility index (Phi) is 4.70. The molecule has 1 aromatic heterocycles. The van der Waals surface area contributed by atoms with Crippen molar-refractivity contribution in [3.63, 3.8) is 0 Å². The van der Waals surface area contributed by atoms with E-state index < -0.39 is 14.9 Å². The van der Waals surface area contributed by atoms with Crippen molar-refractivity contribution in [1.29, 1.82) is 0 Å². The van der Waals surface area contributed by atoms with Crippen molar-refractivity contribution in [1.82, 2.24) is 9.29 Å². The van der Waals surface area contributed by atoms with Crippen molar-refractivity contribution in [2.24, 2.45) is 0 Å². The van der Waals surface area contributed by atoms with E-state index in [0.29, 0.717) is 37.1 Å². The van der Waals surface area contributed by atoms with Gasteiger partial charge in [0, 0.05) is 49.5 Å². The van der Waals surface area contributed by atoms with Crippen molar-refractivity contribution in [2.75, 3.05) is 31.1 Å². The molecule has 4 rings (SSSR count). The second-order valence-electron chi connectivity index (χ2n) is 6.46. The summed E-state index contributed by atoms with van der Waals surface area (Å²) in [6.45, 7) is 1.67. The van der Waals surface area contributed by atoms with Gasteiger partial charge in [-0.3, -0.25) is 10.1 Å². The number of nitrogens with zero attached hydrogens (tertiary/aromatic N) is 4. The Labute approximate surface area is 162 Å². The molecule has 8 nitrogen and oxygen atoms in total. The van der Waals surface area contributed by atoms with E-state index >= 15 is 0 Å². The summed E-state index contributed by atoms with van der Waals surface area (Å²) in [5.74, 6) is 0. The zero-order valence-corrected chi connectivity index (χ0v) is 15.7. The zero-order chi connectivity index (χ0) is 19.7. The Morgan fingerprint density at radius 1 is 0.929 bits per heavy atom. The van der Waals surface area contributed by atoms with E-state index in [1.54, 1.807) is 48.5 Å². The first-order valence-corrected chi connectivity index (χ1v) is 10.2. The molecule has 144 valence electrons. The summed E-state index contributed by atoms with van der Waals surface area (Å²) in [4.78, 5) is 17.3. The molecule has 9 heteroatoms. The minimum atomic E-state index is -3.52. The lowest BCUT2D eigenvalue weighted by Gasteiger charge is -2.35. The van der Waals surface area contributed by atoms with Gasteiger partial charge >= 0.3 is 0 Å². The molecule has 3 aromatic rings. The first-order valence-electron chi connectivity index (χ1n) is 8.81. The number of aromatic nitrogens is 1. The Morgan fingerprint density at radius 2 is 1.64 bits per heavy atom. The third-order valence-corrected chi connectivity index (χ3v) is 6.80. The Hall–Kier alpha value is -3.04. The molecule has 0 amide bonds. The highest BCUT2D eigenvalue weighted by Gasteiger charge is 2.29. The van der Waals surface area contributed by atoms with E-state index in [-0.39, 0.29) is 10.6 Å². The second kappa shape index (κ2) is 7.17. The SMILES string of the molecule is O=[N+]([O-])c1ccc(N2CCN(S(=O)(=O)c3ccccc3)CC2)c2cccnc12. The average molecular weight is 398 g/mol. The van der Waals surface area contributed by atoms with Crippen molar-refractivity contribution in [2.45, 2.75) is 4.90 Å². The van der Waals surface area contributed by atoms with Crippen molar-refractivity contribution >= 4 is 32.3 Å². The van der Waals surface area contributed by atoms with Crippen LogP contribution in [0, 0.1) is 10.1 Å². The van der Waals surface area contributed by atoms with Crippen LogP contribution in [0.3, 0.4) is 0 Å². The van der Waals surface area contributed by atoms with E-state index in [1.807, 2.05) is 4.90 Å². The molecule has 2 aromatic carbocycles. The topological polar surface area (TPSA) is 96.6 Å². The summed E-state index contributed by atoms with van der Waals surface area (Å²) in [5, 5.41) is 12.0. The lowest BCUT2D eigenvalue weighted by Crippen LogP contribution is -2.48. The van der Waals surface area contributed by atoms with E-state index in [4.69, 9.17) is 0 Å². The van der Waals surface area contributed by atoms with Crippen molar-refractivity contribution in [3.05, 3.63) is 70.9 Å². The van der Waals surface area contributed by atoms with Crippen LogP contribution in [0.1, 0.15) is 0 Å². The number of non-ortho nitro benzene ring substituents is 1. The standard InChI is InChI=1S/C19H18N4O4S/c24-23(25)18-9-8-17(16-7-4-10-20-19(16)18)21-11-13-22(14-12-21)28(26,27)15-5-2-1-3-6-15/h1-10H,11-14H2. The number of piperazine rings is 1. The lowest BCUT2D eigenvalue weighted by atomic mass is 10.1. The number of hydrogen-bond donors (Lipinski definition) is 0. The van der Waals surface area contributed by atoms with Crippen LogP contribution >= 0.6 is 0 Å². The van der Waals surface area contributed by atoms with Gasteiger partial charge < -0.3 is 4.90 Å². The predicted octanol–water partition coefficient (Wildman–Crippen LogP) is 2.65. The Morgan fingerprint density at radius 3 is 2.32 bits per heavy atom. The monoisotopic (exact) mass is 398 g/mol. The van der Waals surface area contributed by atoms with Crippen LogP contribution in [-0.2, 0) is 10.0 Å². The highest BCUT2D eigenvalue weighted by Crippen LogP contribution is 2.33. The molecule has 0 bridgehead atoms. The molecule has 0 unspecified atom stereocenters. The van der Waals surface area contributed by atoms with Crippen LogP contribution in [0.4, 0.5) is 11.4 Å². The number of sulfonamides is 1. The summed E-state index contributed by atoms with van der Waals surface area (Å²) in [7, 11) is -3.52. The number of nitro groups is 1. The third-order valence-electron chi connectivity index (χ3n) is 4.88. The van der Waals surface area contributed by atoms with Crippen LogP contribution in [0.25, 0.3) is 10.9 Å². The van der Waals surface area contributed by atoms with Crippen molar-refractivity contribution < 1.29 is 13.3 Å². The van der Waals surface area contributed by atoms with Gasteiger partial charge in [0.1, 0.15) is 5.52 Å². The molecule has 0 spiro atoms. The average Bonchev–Trinajstić information content (AvgIpc) is 2.73. The molecule has 0 aliphatic carbocycles. The maximum absolute atomic E-state index is 12.8. The fourth-order valence-corrected chi connectivity index (χ4v) is 4.92. The number of benzene rings is 2. The van der Waals surface area contributed by atoms with Gasteiger partial charge in [-0.05, 0) is 30.3 Å². The predicted molar refractivity (Wildman–Crippen MR) is 106 cm³/mol. The fourth-order valence-electron chi connectivity index (χ4n) is 3.48. The maximum atomic E-state index is 12.8. The van der Waals surface area contributed by atoms with Gasteiger partial charge in [0.2, 0.25) is 10.0 Å². The first-order chi connectivity index (χ1) is 13.5. The summed E-state index contributed by atoms with van der Waals surface area (Å²) in [6, 6.07) is 15.1. The van der Waals surface area contributed by atoms with Crippen LogP contribution < -0.4 is 4.90 Å². The summed E-state index contributed by atoms with van der Waals surface area (Å²) in [6.07, 6.45) is 1.53. The number of nitro benzene ring substituents is 1. The number of anilines is 1. The number of rotatable bonds is 4. The second-order valence-corrected chi connectivity index (χ2v) is 8.40. The van der Waals surface area contributed by atoms with Crippen LogP contribution in [-0.4, -0.2) is 48.8 Å². The van der Waals surface area contributed by atoms with E-state index in [1.165, 1.54) is 16.6 Å². The van der Waals surface area contributed by atoms with Gasteiger partial charge in [0.15, 0.2) is 0 Å². The highest BCUT2D eigenvalue weighted by molar-refractivity contribution is 7.89. The van der Waals surface area contributed by atoms with E-state index in [0.717, 1.165) is 5.69 Å². The van der Waals surface area contributed by atoms with Gasteiger partial charge in [0.05, 0.1) is 9.82 Å². The molecule has 0 N–H and O–H groups in total. The lowest BCUT2D eigenvalue weighted by molar-refractivity contribution is -0.383. The van der Waals surface area contributed by atoms with Gasteiger partial charge in [0.25, 0.3) is 5.69 Å². The molecule has 0 atom stereocenters. The highest BCUT2D eigenvalue weighted by atomic mass is 32.2. The molecule has 1 aliphatic rings. The molecular formula is C19H18N4O4S. The summed E-state index contributed by atoms with van der Waals surface area (Å²) < 4.78 is 27.0. The molecule has 28 heavy (non-hydrogen) atoms. The molecular weight excluding hydrogens is 380 g/mol. The van der Waals surface area contributed by atoms with Gasteiger partial charge in [-0.2, -0.15) is 4.31 Å². The summed E-state index contributed by atoms with van der Waals surface area (Å²) >= 11 is 0. The number of fused-ring (bicyclic) bond motifs is 1. The molecule has 0 saturated carbocycles. The van der Waals surface area contributed by atoms with Crippen LogP contribution in [0.2, 0.25) is 0 Å². The first kappa shape index (κ1) is 18.3. The normalized spacial score (nSPS) is 15.6. The Bertz CT molecular complexity index is 1130. The van der Waals surface area contributed by atoms with Crippen LogP contribution in [0.5, 0.6) is 0 Å². The molecule has 0 radical (unpaired) electrons. The molecule has 1 fully saturated rings. The fraction of sp³-hybridized carbons (Fsp3) is 0.211. The van der Waals surface area contributed by atoms with E-state index in [2.05, 4.69) is 4.98 Å². The third kappa shape index (κ3) is 3.19. The number of hydrogen-bond acceptors (Lipinski definition) is 6. The number of pyridine rings is 1. The summed E-state index contributed by atoms with van der Waals surface area (Å²) in [5.41, 5.74) is 1.12. The largest absolute Gasteiger partial charge is 0.368 e.